The van der Waals surface area contributed by atoms with Crippen molar-refractivity contribution < 1.29 is 9.53 Å². The first-order chi connectivity index (χ1) is 11.9. The largest absolute Gasteiger partial charge is 0.483 e. The second-order valence-electron chi connectivity index (χ2n) is 7.75. The van der Waals surface area contributed by atoms with E-state index in [-0.39, 0.29) is 24.0 Å². The number of amides is 1. The van der Waals surface area contributed by atoms with Crippen LogP contribution in [0.15, 0.2) is 48.5 Å². The van der Waals surface area contributed by atoms with Gasteiger partial charge in [0.25, 0.3) is 5.91 Å². The summed E-state index contributed by atoms with van der Waals surface area (Å²) < 4.78 is 5.84. The molecule has 25 heavy (non-hydrogen) atoms. The zero-order chi connectivity index (χ0) is 17.9. The van der Waals surface area contributed by atoms with Crippen LogP contribution in [0.4, 0.5) is 0 Å². The highest BCUT2D eigenvalue weighted by molar-refractivity contribution is 5.78. The Balaban J connectivity index is 1.64. The van der Waals surface area contributed by atoms with Crippen LogP contribution in [0.3, 0.4) is 0 Å². The van der Waals surface area contributed by atoms with Gasteiger partial charge in [0.1, 0.15) is 5.75 Å². The number of aryl methyl sites for hydroxylation is 1. The third-order valence-corrected chi connectivity index (χ3v) is 4.76. The van der Waals surface area contributed by atoms with Gasteiger partial charge in [0.05, 0.1) is 6.04 Å². The van der Waals surface area contributed by atoms with E-state index in [0.29, 0.717) is 0 Å². The predicted octanol–water partition coefficient (Wildman–Crippen LogP) is 4.56. The molecule has 0 saturated heterocycles. The minimum Gasteiger partial charge on any atom is -0.483 e. The van der Waals surface area contributed by atoms with Crippen LogP contribution in [0.1, 0.15) is 56.3 Å². The van der Waals surface area contributed by atoms with Crippen LogP contribution < -0.4 is 10.1 Å². The Bertz CT molecular complexity index is 746. The lowest BCUT2D eigenvalue weighted by atomic mass is 9.86. The van der Waals surface area contributed by atoms with Crippen molar-refractivity contribution in [1.82, 2.24) is 5.32 Å². The Kier molecular flexibility index (Phi) is 5.12. The SMILES string of the molecule is CC(C)(C)c1ccccc1OCC(=O)N[C@H]1CCCc2ccccc21. The molecule has 1 aliphatic carbocycles. The van der Waals surface area contributed by atoms with Crippen molar-refractivity contribution in [3.63, 3.8) is 0 Å². The summed E-state index contributed by atoms with van der Waals surface area (Å²) in [5.74, 6) is 0.722. The average molecular weight is 337 g/mol. The second kappa shape index (κ2) is 7.30. The van der Waals surface area contributed by atoms with Gasteiger partial charge in [-0.1, -0.05) is 63.2 Å². The molecule has 0 aromatic heterocycles. The summed E-state index contributed by atoms with van der Waals surface area (Å²) in [6, 6.07) is 16.4. The van der Waals surface area contributed by atoms with Gasteiger partial charge in [0.15, 0.2) is 6.61 Å². The maximum atomic E-state index is 12.4. The highest BCUT2D eigenvalue weighted by Gasteiger charge is 2.22. The first kappa shape index (κ1) is 17.5. The molecule has 1 aliphatic rings. The Morgan fingerprint density at radius 3 is 2.64 bits per heavy atom. The Morgan fingerprint density at radius 2 is 1.84 bits per heavy atom. The van der Waals surface area contributed by atoms with Crippen LogP contribution in [-0.4, -0.2) is 12.5 Å². The van der Waals surface area contributed by atoms with E-state index < -0.39 is 0 Å². The number of nitrogens with one attached hydrogen (secondary N) is 1. The van der Waals surface area contributed by atoms with Gasteiger partial charge in [-0.25, -0.2) is 0 Å². The molecular weight excluding hydrogens is 310 g/mol. The lowest BCUT2D eigenvalue weighted by molar-refractivity contribution is -0.124. The van der Waals surface area contributed by atoms with Gasteiger partial charge in [-0.3, -0.25) is 4.79 Å². The number of carbonyl (C=O) groups is 1. The number of rotatable bonds is 4. The van der Waals surface area contributed by atoms with E-state index in [2.05, 4.69) is 50.4 Å². The molecule has 0 heterocycles. The van der Waals surface area contributed by atoms with Crippen LogP contribution in [0, 0.1) is 0 Å². The van der Waals surface area contributed by atoms with Gasteiger partial charge in [-0.05, 0) is 47.4 Å². The lowest BCUT2D eigenvalue weighted by Crippen LogP contribution is -2.34. The van der Waals surface area contributed by atoms with Gasteiger partial charge in [0, 0.05) is 0 Å². The van der Waals surface area contributed by atoms with Gasteiger partial charge < -0.3 is 10.1 Å². The van der Waals surface area contributed by atoms with Crippen molar-refractivity contribution in [3.8, 4) is 5.75 Å². The molecule has 0 unspecified atom stereocenters. The molecule has 2 aromatic rings. The van der Waals surface area contributed by atoms with E-state index in [0.717, 1.165) is 30.6 Å². The summed E-state index contributed by atoms with van der Waals surface area (Å²) in [7, 11) is 0. The maximum absolute atomic E-state index is 12.4. The minimum atomic E-state index is -0.0644. The fourth-order valence-electron chi connectivity index (χ4n) is 3.50. The third-order valence-electron chi connectivity index (χ3n) is 4.76. The standard InChI is InChI=1S/C22H27NO2/c1-22(2,3)18-12-6-7-14-20(18)25-15-21(24)23-19-13-8-10-16-9-4-5-11-17(16)19/h4-7,9,11-12,14,19H,8,10,13,15H2,1-3H3,(H,23,24)/t19-/m0/s1. The molecule has 0 spiro atoms. The van der Waals surface area contributed by atoms with Gasteiger partial charge in [-0.15, -0.1) is 0 Å². The smallest absolute Gasteiger partial charge is 0.258 e. The van der Waals surface area contributed by atoms with Crippen molar-refractivity contribution in [1.29, 1.82) is 0 Å². The van der Waals surface area contributed by atoms with Gasteiger partial charge in [0.2, 0.25) is 0 Å². The van der Waals surface area contributed by atoms with E-state index in [1.54, 1.807) is 0 Å². The number of hydrogen-bond acceptors (Lipinski definition) is 2. The average Bonchev–Trinajstić information content (AvgIpc) is 2.60. The second-order valence-corrected chi connectivity index (χ2v) is 7.75. The number of benzene rings is 2. The normalized spacial score (nSPS) is 16.8. The third kappa shape index (κ3) is 4.22. The number of fused-ring (bicyclic) bond motifs is 1. The predicted molar refractivity (Wildman–Crippen MR) is 101 cm³/mol. The maximum Gasteiger partial charge on any atom is 0.258 e. The molecule has 1 atom stereocenters. The molecule has 0 saturated carbocycles. The number of ether oxygens (including phenoxy) is 1. The van der Waals surface area contributed by atoms with Crippen molar-refractivity contribution in [3.05, 3.63) is 65.2 Å². The summed E-state index contributed by atoms with van der Waals surface area (Å²) >= 11 is 0. The zero-order valence-corrected chi connectivity index (χ0v) is 15.3. The molecule has 132 valence electrons. The number of hydrogen-bond donors (Lipinski definition) is 1. The van der Waals surface area contributed by atoms with Crippen molar-refractivity contribution in [2.24, 2.45) is 0 Å². The highest BCUT2D eigenvalue weighted by Crippen LogP contribution is 2.31. The molecule has 0 bridgehead atoms. The van der Waals surface area contributed by atoms with E-state index in [9.17, 15) is 4.79 Å². The molecule has 0 aliphatic heterocycles. The first-order valence-corrected chi connectivity index (χ1v) is 9.04. The number of carbonyl (C=O) groups excluding carboxylic acids is 1. The van der Waals surface area contributed by atoms with Crippen LogP contribution in [0.2, 0.25) is 0 Å². The molecule has 3 nitrogen and oxygen atoms in total. The summed E-state index contributed by atoms with van der Waals surface area (Å²) in [6.45, 7) is 6.49. The summed E-state index contributed by atoms with van der Waals surface area (Å²) in [5, 5.41) is 3.14. The van der Waals surface area contributed by atoms with E-state index in [1.165, 1.54) is 11.1 Å². The van der Waals surface area contributed by atoms with Crippen molar-refractivity contribution in [2.75, 3.05) is 6.61 Å². The van der Waals surface area contributed by atoms with Crippen molar-refractivity contribution >= 4 is 5.91 Å². The lowest BCUT2D eigenvalue weighted by Gasteiger charge is -2.26. The topological polar surface area (TPSA) is 38.3 Å². The van der Waals surface area contributed by atoms with Crippen LogP contribution in [0.25, 0.3) is 0 Å². The van der Waals surface area contributed by atoms with Crippen molar-refractivity contribution in [2.45, 2.75) is 51.5 Å². The number of para-hydroxylation sites is 1. The van der Waals surface area contributed by atoms with E-state index in [1.807, 2.05) is 24.3 Å². The molecule has 3 heteroatoms. The fourth-order valence-corrected chi connectivity index (χ4v) is 3.50. The van der Waals surface area contributed by atoms with E-state index in [4.69, 9.17) is 4.74 Å². The summed E-state index contributed by atoms with van der Waals surface area (Å²) in [4.78, 5) is 12.4. The molecule has 2 aromatic carbocycles. The quantitative estimate of drug-likeness (QED) is 0.888. The Morgan fingerprint density at radius 1 is 1.12 bits per heavy atom. The van der Waals surface area contributed by atoms with Crippen LogP contribution in [-0.2, 0) is 16.6 Å². The Labute approximate surface area is 150 Å². The first-order valence-electron chi connectivity index (χ1n) is 9.04. The molecule has 0 radical (unpaired) electrons. The molecule has 1 N–H and O–H groups in total. The Hall–Kier alpha value is -2.29. The van der Waals surface area contributed by atoms with Crippen LogP contribution in [0.5, 0.6) is 5.75 Å². The molecule has 0 fully saturated rings. The molecule has 3 rings (SSSR count). The van der Waals surface area contributed by atoms with Crippen LogP contribution >= 0.6 is 0 Å². The van der Waals surface area contributed by atoms with Gasteiger partial charge >= 0.3 is 0 Å². The summed E-state index contributed by atoms with van der Waals surface area (Å²) in [6.07, 6.45) is 3.19. The van der Waals surface area contributed by atoms with E-state index >= 15 is 0 Å². The summed E-state index contributed by atoms with van der Waals surface area (Å²) in [5.41, 5.74) is 3.69. The molecule has 1 amide bonds. The monoisotopic (exact) mass is 337 g/mol. The van der Waals surface area contributed by atoms with Gasteiger partial charge in [-0.2, -0.15) is 0 Å². The zero-order valence-electron chi connectivity index (χ0n) is 15.3. The minimum absolute atomic E-state index is 0.0185. The fraction of sp³-hybridized carbons (Fsp3) is 0.409. The highest BCUT2D eigenvalue weighted by atomic mass is 16.5. The molecular formula is C22H27NO2.